The molecule has 0 amide bonds. The minimum Gasteiger partial charge on any atom is -0.374 e. The fourth-order valence-corrected chi connectivity index (χ4v) is 3.81. The maximum atomic E-state index is 12.0. The van der Waals surface area contributed by atoms with Crippen molar-refractivity contribution in [3.8, 4) is 0 Å². The van der Waals surface area contributed by atoms with Gasteiger partial charge in [-0.2, -0.15) is 4.31 Å². The van der Waals surface area contributed by atoms with E-state index in [4.69, 9.17) is 5.73 Å². The number of hydrogen-bond donors (Lipinski definition) is 1. The first-order valence-corrected chi connectivity index (χ1v) is 7.31. The molecule has 1 heterocycles. The Morgan fingerprint density at radius 2 is 2.19 bits per heavy atom. The Balaban J connectivity index is 2.11. The molecule has 0 atom stereocenters. The van der Waals surface area contributed by atoms with Gasteiger partial charge in [-0.05, 0) is 18.8 Å². The largest absolute Gasteiger partial charge is 0.374 e. The van der Waals surface area contributed by atoms with Crippen LogP contribution in [0.5, 0.6) is 0 Å². The van der Waals surface area contributed by atoms with Crippen LogP contribution in [0.3, 0.4) is 0 Å². The summed E-state index contributed by atoms with van der Waals surface area (Å²) in [5.74, 6) is 0.491. The van der Waals surface area contributed by atoms with Crippen LogP contribution >= 0.6 is 11.3 Å². The second kappa shape index (κ2) is 4.27. The van der Waals surface area contributed by atoms with E-state index < -0.39 is 10.0 Å². The lowest BCUT2D eigenvalue weighted by Gasteiger charge is -2.28. The highest BCUT2D eigenvalue weighted by molar-refractivity contribution is 7.91. The molecule has 0 saturated heterocycles. The number of aromatic nitrogens is 2. The standard InChI is InChI=1S/C8H14N4O2S2/c1-12(5-6-3-2-4-6)16(13,14)8-11-10-7(9)15-8/h6H,2-5H2,1H3,(H2,9,10). The van der Waals surface area contributed by atoms with Crippen molar-refractivity contribution in [1.82, 2.24) is 14.5 Å². The number of nitrogen functional groups attached to an aromatic ring is 1. The molecule has 1 aromatic heterocycles. The Kier molecular flexibility index (Phi) is 3.13. The molecule has 16 heavy (non-hydrogen) atoms. The van der Waals surface area contributed by atoms with Crippen molar-refractivity contribution in [3.05, 3.63) is 0 Å². The molecule has 1 aliphatic carbocycles. The fourth-order valence-electron chi connectivity index (χ4n) is 1.60. The topological polar surface area (TPSA) is 89.2 Å². The minimum absolute atomic E-state index is 0.0215. The molecule has 90 valence electrons. The van der Waals surface area contributed by atoms with Crippen LogP contribution in [0, 0.1) is 5.92 Å². The third-order valence-corrected chi connectivity index (χ3v) is 5.71. The maximum absolute atomic E-state index is 12.0. The highest BCUT2D eigenvalue weighted by Crippen LogP contribution is 2.29. The molecule has 8 heteroatoms. The van der Waals surface area contributed by atoms with Crippen LogP contribution < -0.4 is 5.73 Å². The van der Waals surface area contributed by atoms with Crippen molar-refractivity contribution in [2.45, 2.75) is 23.6 Å². The fraction of sp³-hybridized carbons (Fsp3) is 0.750. The van der Waals surface area contributed by atoms with Gasteiger partial charge >= 0.3 is 0 Å². The summed E-state index contributed by atoms with van der Waals surface area (Å²) >= 11 is 0.902. The first-order valence-electron chi connectivity index (χ1n) is 5.05. The quantitative estimate of drug-likeness (QED) is 0.855. The van der Waals surface area contributed by atoms with Gasteiger partial charge in [-0.15, -0.1) is 10.2 Å². The van der Waals surface area contributed by atoms with Crippen LogP contribution in [0.15, 0.2) is 4.34 Å². The van der Waals surface area contributed by atoms with Gasteiger partial charge in [0.25, 0.3) is 10.0 Å². The molecule has 0 aromatic carbocycles. The first-order chi connectivity index (χ1) is 7.50. The van der Waals surface area contributed by atoms with Gasteiger partial charge in [-0.25, -0.2) is 8.42 Å². The molecule has 2 rings (SSSR count). The van der Waals surface area contributed by atoms with E-state index in [9.17, 15) is 8.42 Å². The molecule has 0 bridgehead atoms. The summed E-state index contributed by atoms with van der Waals surface area (Å²) in [6.07, 6.45) is 3.42. The van der Waals surface area contributed by atoms with Gasteiger partial charge in [0.05, 0.1) is 0 Å². The molecule has 1 fully saturated rings. The number of anilines is 1. The van der Waals surface area contributed by atoms with E-state index in [0.29, 0.717) is 12.5 Å². The molecule has 0 spiro atoms. The molecule has 0 unspecified atom stereocenters. The third-order valence-electron chi connectivity index (χ3n) is 2.79. The van der Waals surface area contributed by atoms with Crippen LogP contribution in [-0.4, -0.2) is 36.5 Å². The average molecular weight is 262 g/mol. The number of hydrogen-bond acceptors (Lipinski definition) is 6. The number of nitrogens with zero attached hydrogens (tertiary/aromatic N) is 3. The smallest absolute Gasteiger partial charge is 0.272 e. The Labute approximate surface area is 98.5 Å². The zero-order valence-electron chi connectivity index (χ0n) is 8.96. The average Bonchev–Trinajstić information content (AvgIpc) is 2.58. The highest BCUT2D eigenvalue weighted by Gasteiger charge is 2.29. The number of sulfonamides is 1. The van der Waals surface area contributed by atoms with Crippen LogP contribution in [0.4, 0.5) is 5.13 Å². The first kappa shape index (κ1) is 11.7. The van der Waals surface area contributed by atoms with Gasteiger partial charge in [0.1, 0.15) is 0 Å². The molecule has 6 nitrogen and oxygen atoms in total. The second-order valence-electron chi connectivity index (χ2n) is 3.99. The predicted octanol–water partition coefficient (Wildman–Crippen LogP) is 0.541. The third kappa shape index (κ3) is 2.18. The van der Waals surface area contributed by atoms with Crippen LogP contribution in [0.2, 0.25) is 0 Å². The van der Waals surface area contributed by atoms with Crippen molar-refractivity contribution in [1.29, 1.82) is 0 Å². The Hall–Kier alpha value is -0.730. The monoisotopic (exact) mass is 262 g/mol. The molecule has 2 N–H and O–H groups in total. The molecule has 1 aliphatic rings. The lowest BCUT2D eigenvalue weighted by molar-refractivity contribution is 0.263. The van der Waals surface area contributed by atoms with Gasteiger partial charge in [0, 0.05) is 13.6 Å². The van der Waals surface area contributed by atoms with E-state index in [2.05, 4.69) is 10.2 Å². The summed E-state index contributed by atoms with van der Waals surface area (Å²) in [5, 5.41) is 7.27. The molecule has 0 aliphatic heterocycles. The maximum Gasteiger partial charge on any atom is 0.272 e. The van der Waals surface area contributed by atoms with E-state index in [-0.39, 0.29) is 9.47 Å². The Morgan fingerprint density at radius 1 is 1.50 bits per heavy atom. The summed E-state index contributed by atoms with van der Waals surface area (Å²) in [5.41, 5.74) is 5.38. The molecule has 1 aromatic rings. The minimum atomic E-state index is -3.49. The van der Waals surface area contributed by atoms with Crippen molar-refractivity contribution in [2.75, 3.05) is 19.3 Å². The predicted molar refractivity (Wildman–Crippen MR) is 61.5 cm³/mol. The summed E-state index contributed by atoms with van der Waals surface area (Å²) in [4.78, 5) is 0. The van der Waals surface area contributed by atoms with Crippen LogP contribution in [0.1, 0.15) is 19.3 Å². The van der Waals surface area contributed by atoms with E-state index in [0.717, 1.165) is 24.2 Å². The molecular formula is C8H14N4O2S2. The van der Waals surface area contributed by atoms with E-state index in [1.54, 1.807) is 7.05 Å². The summed E-state index contributed by atoms with van der Waals surface area (Å²) in [7, 11) is -1.92. The highest BCUT2D eigenvalue weighted by atomic mass is 32.2. The van der Waals surface area contributed by atoms with Gasteiger partial charge in [-0.1, -0.05) is 17.8 Å². The van der Waals surface area contributed by atoms with E-state index >= 15 is 0 Å². The molecule has 0 radical (unpaired) electrons. The second-order valence-corrected chi connectivity index (χ2v) is 7.22. The Bertz CT molecular complexity index is 466. The van der Waals surface area contributed by atoms with Crippen molar-refractivity contribution < 1.29 is 8.42 Å². The zero-order valence-corrected chi connectivity index (χ0v) is 10.6. The van der Waals surface area contributed by atoms with Crippen LogP contribution in [-0.2, 0) is 10.0 Å². The lowest BCUT2D eigenvalue weighted by Crippen LogP contribution is -2.34. The number of rotatable bonds is 4. The molecular weight excluding hydrogens is 248 g/mol. The summed E-state index contributed by atoms with van der Waals surface area (Å²) < 4.78 is 25.3. The van der Waals surface area contributed by atoms with Crippen molar-refractivity contribution in [2.24, 2.45) is 5.92 Å². The van der Waals surface area contributed by atoms with Crippen LogP contribution in [0.25, 0.3) is 0 Å². The SMILES string of the molecule is CN(CC1CCC1)S(=O)(=O)c1nnc(N)s1. The van der Waals surface area contributed by atoms with Crippen molar-refractivity contribution >= 4 is 26.5 Å². The lowest BCUT2D eigenvalue weighted by atomic mass is 9.86. The van der Waals surface area contributed by atoms with Gasteiger partial charge < -0.3 is 5.73 Å². The van der Waals surface area contributed by atoms with Gasteiger partial charge in [0.2, 0.25) is 9.47 Å². The van der Waals surface area contributed by atoms with Gasteiger partial charge in [0.15, 0.2) is 0 Å². The molecule has 1 saturated carbocycles. The normalized spacial score (nSPS) is 17.6. The van der Waals surface area contributed by atoms with Gasteiger partial charge in [-0.3, -0.25) is 0 Å². The zero-order chi connectivity index (χ0) is 11.8. The summed E-state index contributed by atoms with van der Waals surface area (Å²) in [6.45, 7) is 0.557. The van der Waals surface area contributed by atoms with Crippen molar-refractivity contribution in [3.63, 3.8) is 0 Å². The van der Waals surface area contributed by atoms with E-state index in [1.165, 1.54) is 10.7 Å². The van der Waals surface area contributed by atoms with E-state index in [1.807, 2.05) is 0 Å². The Morgan fingerprint density at radius 3 is 2.62 bits per heavy atom. The number of nitrogens with two attached hydrogens (primary N) is 1. The summed E-state index contributed by atoms with van der Waals surface area (Å²) in [6, 6.07) is 0.